The van der Waals surface area contributed by atoms with Crippen LogP contribution >= 0.6 is 0 Å². The molecule has 1 atom stereocenters. The van der Waals surface area contributed by atoms with Gasteiger partial charge in [0.1, 0.15) is 11.8 Å². The summed E-state index contributed by atoms with van der Waals surface area (Å²) in [6.45, 7) is 1.58. The molecule has 0 bridgehead atoms. The van der Waals surface area contributed by atoms with Gasteiger partial charge in [-0.3, -0.25) is 9.59 Å². The van der Waals surface area contributed by atoms with Gasteiger partial charge in [0.05, 0.1) is 12.8 Å². The molecule has 0 aromatic heterocycles. The fourth-order valence-electron chi connectivity index (χ4n) is 2.85. The van der Waals surface area contributed by atoms with Crippen molar-refractivity contribution in [2.75, 3.05) is 23.1 Å². The molecule has 0 saturated heterocycles. The van der Waals surface area contributed by atoms with Crippen LogP contribution in [0.3, 0.4) is 0 Å². The van der Waals surface area contributed by atoms with Crippen molar-refractivity contribution in [3.8, 4) is 5.75 Å². The van der Waals surface area contributed by atoms with Crippen LogP contribution in [0.2, 0.25) is 0 Å². The highest BCUT2D eigenvalue weighted by molar-refractivity contribution is 6.05. The Kier molecular flexibility index (Phi) is 7.42. The van der Waals surface area contributed by atoms with Crippen LogP contribution in [0, 0.1) is 0 Å². The number of hydrogen-bond donors (Lipinski definition) is 4. The number of amides is 4. The molecule has 164 valence electrons. The normalized spacial score (nSPS) is 11.1. The van der Waals surface area contributed by atoms with Crippen LogP contribution in [0.15, 0.2) is 78.9 Å². The number of carbonyl (C=O) groups excluding carboxylic acids is 3. The van der Waals surface area contributed by atoms with Crippen molar-refractivity contribution in [1.82, 2.24) is 5.32 Å². The summed E-state index contributed by atoms with van der Waals surface area (Å²) in [6, 6.07) is 21.2. The van der Waals surface area contributed by atoms with Crippen molar-refractivity contribution in [2.24, 2.45) is 0 Å². The third-order valence-electron chi connectivity index (χ3n) is 4.54. The van der Waals surface area contributed by atoms with E-state index in [1.54, 1.807) is 73.7 Å². The van der Waals surface area contributed by atoms with E-state index in [0.29, 0.717) is 28.4 Å². The first-order chi connectivity index (χ1) is 15.5. The Morgan fingerprint density at radius 2 is 1.38 bits per heavy atom. The first-order valence-corrected chi connectivity index (χ1v) is 9.94. The standard InChI is InChI=1S/C24H24N4O4/c1-16(25-24(31)27-18-8-4-3-5-9-18)22(29)26-19-14-12-17(13-15-19)23(30)28-20-10-6-7-11-21(20)32-2/h3-16H,1-2H3,(H,26,29)(H,28,30)(H2,25,27,31)/t16-/m1/s1. The molecule has 0 aliphatic heterocycles. The molecule has 3 rings (SSSR count). The Hall–Kier alpha value is -4.33. The van der Waals surface area contributed by atoms with E-state index in [2.05, 4.69) is 21.3 Å². The Balaban J connectivity index is 1.53. The van der Waals surface area contributed by atoms with Crippen molar-refractivity contribution < 1.29 is 19.1 Å². The summed E-state index contributed by atoms with van der Waals surface area (Å²) < 4.78 is 5.23. The Bertz CT molecular complexity index is 1080. The molecule has 0 heterocycles. The lowest BCUT2D eigenvalue weighted by Crippen LogP contribution is -2.43. The summed E-state index contributed by atoms with van der Waals surface area (Å²) in [5.41, 5.74) is 2.11. The highest BCUT2D eigenvalue weighted by Crippen LogP contribution is 2.23. The Morgan fingerprint density at radius 1 is 0.750 bits per heavy atom. The van der Waals surface area contributed by atoms with Crippen molar-refractivity contribution in [3.63, 3.8) is 0 Å². The second-order valence-electron chi connectivity index (χ2n) is 6.91. The van der Waals surface area contributed by atoms with Crippen molar-refractivity contribution in [1.29, 1.82) is 0 Å². The highest BCUT2D eigenvalue weighted by atomic mass is 16.5. The van der Waals surface area contributed by atoms with E-state index in [0.717, 1.165) is 0 Å². The van der Waals surface area contributed by atoms with E-state index in [4.69, 9.17) is 4.74 Å². The van der Waals surface area contributed by atoms with E-state index < -0.39 is 12.1 Å². The average molecular weight is 432 g/mol. The van der Waals surface area contributed by atoms with Gasteiger partial charge in [0, 0.05) is 16.9 Å². The predicted molar refractivity (Wildman–Crippen MR) is 124 cm³/mol. The number of carbonyl (C=O) groups is 3. The first kappa shape index (κ1) is 22.4. The summed E-state index contributed by atoms with van der Waals surface area (Å²) in [6.07, 6.45) is 0. The van der Waals surface area contributed by atoms with Gasteiger partial charge in [-0.25, -0.2) is 4.79 Å². The van der Waals surface area contributed by atoms with E-state index in [1.807, 2.05) is 12.1 Å². The molecule has 0 saturated carbocycles. The first-order valence-electron chi connectivity index (χ1n) is 9.94. The van der Waals surface area contributed by atoms with Crippen LogP contribution in [-0.2, 0) is 4.79 Å². The number of anilines is 3. The van der Waals surface area contributed by atoms with E-state index in [-0.39, 0.29) is 11.8 Å². The second kappa shape index (κ2) is 10.6. The molecule has 0 fully saturated rings. The lowest BCUT2D eigenvalue weighted by Gasteiger charge is -2.15. The number of hydrogen-bond acceptors (Lipinski definition) is 4. The zero-order valence-electron chi connectivity index (χ0n) is 17.7. The number of para-hydroxylation sites is 3. The van der Waals surface area contributed by atoms with E-state index >= 15 is 0 Å². The molecule has 32 heavy (non-hydrogen) atoms. The number of nitrogens with one attached hydrogen (secondary N) is 4. The number of benzene rings is 3. The second-order valence-corrected chi connectivity index (χ2v) is 6.91. The maximum Gasteiger partial charge on any atom is 0.319 e. The quantitative estimate of drug-likeness (QED) is 0.451. The molecule has 0 spiro atoms. The third-order valence-corrected chi connectivity index (χ3v) is 4.54. The minimum atomic E-state index is -0.771. The summed E-state index contributed by atoms with van der Waals surface area (Å²) in [5.74, 6) is -0.137. The third kappa shape index (κ3) is 6.09. The van der Waals surface area contributed by atoms with Crippen LogP contribution in [-0.4, -0.2) is 31.0 Å². The molecule has 8 nitrogen and oxygen atoms in total. The predicted octanol–water partition coefficient (Wildman–Crippen LogP) is 4.10. The van der Waals surface area contributed by atoms with Gasteiger partial charge in [0.2, 0.25) is 5.91 Å². The van der Waals surface area contributed by atoms with Crippen molar-refractivity contribution >= 4 is 34.9 Å². The van der Waals surface area contributed by atoms with Crippen LogP contribution in [0.1, 0.15) is 17.3 Å². The van der Waals surface area contributed by atoms with Crippen molar-refractivity contribution in [3.05, 3.63) is 84.4 Å². The van der Waals surface area contributed by atoms with Crippen LogP contribution < -0.4 is 26.0 Å². The van der Waals surface area contributed by atoms with Gasteiger partial charge in [-0.15, -0.1) is 0 Å². The number of urea groups is 1. The van der Waals surface area contributed by atoms with Gasteiger partial charge in [-0.05, 0) is 55.5 Å². The van der Waals surface area contributed by atoms with Gasteiger partial charge in [0.25, 0.3) is 5.91 Å². The van der Waals surface area contributed by atoms with Gasteiger partial charge < -0.3 is 26.0 Å². The van der Waals surface area contributed by atoms with Crippen LogP contribution in [0.5, 0.6) is 5.75 Å². The largest absolute Gasteiger partial charge is 0.495 e. The number of ether oxygens (including phenoxy) is 1. The lowest BCUT2D eigenvalue weighted by atomic mass is 10.1. The summed E-state index contributed by atoms with van der Waals surface area (Å²) >= 11 is 0. The minimum absolute atomic E-state index is 0.306. The van der Waals surface area contributed by atoms with Crippen LogP contribution in [0.4, 0.5) is 21.9 Å². The Labute approximate surface area is 186 Å². The topological polar surface area (TPSA) is 109 Å². The molecule has 4 N–H and O–H groups in total. The molecule has 8 heteroatoms. The van der Waals surface area contributed by atoms with E-state index in [1.165, 1.54) is 7.11 Å². The van der Waals surface area contributed by atoms with Crippen molar-refractivity contribution in [2.45, 2.75) is 13.0 Å². The SMILES string of the molecule is COc1ccccc1NC(=O)c1ccc(NC(=O)[C@@H](C)NC(=O)Nc2ccccc2)cc1. The Morgan fingerprint density at radius 3 is 2.06 bits per heavy atom. The van der Waals surface area contributed by atoms with Gasteiger partial charge >= 0.3 is 6.03 Å². The van der Waals surface area contributed by atoms with E-state index in [9.17, 15) is 14.4 Å². The molecule has 3 aromatic rings. The minimum Gasteiger partial charge on any atom is -0.495 e. The number of rotatable bonds is 7. The molecule has 0 unspecified atom stereocenters. The maximum absolute atomic E-state index is 12.5. The average Bonchev–Trinajstić information content (AvgIpc) is 2.80. The lowest BCUT2D eigenvalue weighted by molar-refractivity contribution is -0.117. The smallest absolute Gasteiger partial charge is 0.319 e. The molecular weight excluding hydrogens is 408 g/mol. The van der Waals surface area contributed by atoms with Gasteiger partial charge in [-0.2, -0.15) is 0 Å². The summed E-state index contributed by atoms with van der Waals surface area (Å²) in [7, 11) is 1.53. The summed E-state index contributed by atoms with van der Waals surface area (Å²) in [5, 5.41) is 10.7. The monoisotopic (exact) mass is 432 g/mol. The van der Waals surface area contributed by atoms with Crippen LogP contribution in [0.25, 0.3) is 0 Å². The molecule has 4 amide bonds. The number of methoxy groups -OCH3 is 1. The van der Waals surface area contributed by atoms with Gasteiger partial charge in [0.15, 0.2) is 0 Å². The maximum atomic E-state index is 12.5. The molecule has 0 radical (unpaired) electrons. The molecule has 0 aliphatic carbocycles. The fraction of sp³-hybridized carbons (Fsp3) is 0.125. The van der Waals surface area contributed by atoms with Gasteiger partial charge in [-0.1, -0.05) is 30.3 Å². The molecule has 0 aliphatic rings. The zero-order valence-corrected chi connectivity index (χ0v) is 17.7. The molecular formula is C24H24N4O4. The summed E-state index contributed by atoms with van der Waals surface area (Å²) in [4.78, 5) is 36.9. The fourth-order valence-corrected chi connectivity index (χ4v) is 2.85. The highest BCUT2D eigenvalue weighted by Gasteiger charge is 2.16. The zero-order chi connectivity index (χ0) is 22.9. The molecule has 3 aromatic carbocycles.